The molecule has 0 aromatic heterocycles. The summed E-state index contributed by atoms with van der Waals surface area (Å²) >= 11 is 11.8. The van der Waals surface area contributed by atoms with Crippen LogP contribution in [0.1, 0.15) is 19.4 Å². The third-order valence-corrected chi connectivity index (χ3v) is 2.70. The van der Waals surface area contributed by atoms with Crippen molar-refractivity contribution in [2.75, 3.05) is 0 Å². The van der Waals surface area contributed by atoms with Gasteiger partial charge in [0.1, 0.15) is 6.04 Å². The normalized spacial score (nSPS) is 12.6. The van der Waals surface area contributed by atoms with Crippen LogP contribution in [0, 0.1) is 0 Å². The van der Waals surface area contributed by atoms with Crippen LogP contribution in [-0.4, -0.2) is 18.1 Å². The fourth-order valence-electron chi connectivity index (χ4n) is 1.33. The SMILES string of the molecule is CC(C)OC(=O)[C@@H](N)Cc1ccc(Cl)cc1Cl. The second-order valence-electron chi connectivity index (χ2n) is 4.03. The Balaban J connectivity index is 2.67. The highest BCUT2D eigenvalue weighted by Crippen LogP contribution is 2.22. The summed E-state index contributed by atoms with van der Waals surface area (Å²) in [5.74, 6) is -0.425. The van der Waals surface area contributed by atoms with E-state index in [4.69, 9.17) is 33.7 Å². The maximum absolute atomic E-state index is 11.5. The molecular formula is C12H15Cl2NO2. The summed E-state index contributed by atoms with van der Waals surface area (Å²) in [4.78, 5) is 11.5. The van der Waals surface area contributed by atoms with Crippen LogP contribution in [0.25, 0.3) is 0 Å². The van der Waals surface area contributed by atoms with Gasteiger partial charge in [0.2, 0.25) is 0 Å². The molecule has 0 aliphatic heterocycles. The van der Waals surface area contributed by atoms with E-state index in [2.05, 4.69) is 0 Å². The molecule has 5 heteroatoms. The van der Waals surface area contributed by atoms with Gasteiger partial charge in [-0.25, -0.2) is 0 Å². The molecule has 0 spiro atoms. The van der Waals surface area contributed by atoms with Crippen molar-refractivity contribution in [1.82, 2.24) is 0 Å². The van der Waals surface area contributed by atoms with Gasteiger partial charge < -0.3 is 10.5 Å². The molecule has 1 aromatic carbocycles. The molecule has 2 N–H and O–H groups in total. The number of hydrogen-bond donors (Lipinski definition) is 1. The van der Waals surface area contributed by atoms with Crippen LogP contribution in [-0.2, 0) is 16.0 Å². The molecule has 0 aliphatic rings. The van der Waals surface area contributed by atoms with Crippen LogP contribution in [0.3, 0.4) is 0 Å². The van der Waals surface area contributed by atoms with Crippen molar-refractivity contribution in [3.63, 3.8) is 0 Å². The highest BCUT2D eigenvalue weighted by molar-refractivity contribution is 6.35. The molecule has 0 aliphatic carbocycles. The number of esters is 1. The van der Waals surface area contributed by atoms with Crippen molar-refractivity contribution in [3.8, 4) is 0 Å². The van der Waals surface area contributed by atoms with Gasteiger partial charge in [-0.2, -0.15) is 0 Å². The molecular weight excluding hydrogens is 261 g/mol. The Labute approximate surface area is 111 Å². The Bertz CT molecular complexity index is 407. The van der Waals surface area contributed by atoms with Gasteiger partial charge in [-0.1, -0.05) is 29.3 Å². The molecule has 1 rings (SSSR count). The summed E-state index contributed by atoms with van der Waals surface area (Å²) in [5, 5.41) is 1.06. The highest BCUT2D eigenvalue weighted by atomic mass is 35.5. The average Bonchev–Trinajstić information content (AvgIpc) is 2.21. The first-order valence-electron chi connectivity index (χ1n) is 5.30. The van der Waals surface area contributed by atoms with E-state index in [1.165, 1.54) is 0 Å². The molecule has 3 nitrogen and oxygen atoms in total. The Kier molecular flexibility index (Phi) is 5.25. The maximum atomic E-state index is 11.5. The molecule has 17 heavy (non-hydrogen) atoms. The van der Waals surface area contributed by atoms with E-state index in [1.54, 1.807) is 32.0 Å². The number of ether oxygens (including phenoxy) is 1. The van der Waals surface area contributed by atoms with E-state index in [9.17, 15) is 4.79 Å². The van der Waals surface area contributed by atoms with Gasteiger partial charge >= 0.3 is 5.97 Å². The Morgan fingerprint density at radius 1 is 1.41 bits per heavy atom. The van der Waals surface area contributed by atoms with Crippen molar-refractivity contribution >= 4 is 29.2 Å². The van der Waals surface area contributed by atoms with Crippen LogP contribution in [0.5, 0.6) is 0 Å². The lowest BCUT2D eigenvalue weighted by Crippen LogP contribution is -2.35. The minimum Gasteiger partial charge on any atom is -0.462 e. The van der Waals surface area contributed by atoms with E-state index >= 15 is 0 Å². The first-order chi connectivity index (χ1) is 7.90. The minimum atomic E-state index is -0.712. The van der Waals surface area contributed by atoms with Gasteiger partial charge in [0.25, 0.3) is 0 Å². The molecule has 94 valence electrons. The summed E-state index contributed by atoms with van der Waals surface area (Å²) in [5.41, 5.74) is 6.52. The molecule has 0 saturated carbocycles. The zero-order valence-corrected chi connectivity index (χ0v) is 11.3. The maximum Gasteiger partial charge on any atom is 0.323 e. The molecule has 1 atom stereocenters. The number of carbonyl (C=O) groups excluding carboxylic acids is 1. The molecule has 1 aromatic rings. The fourth-order valence-corrected chi connectivity index (χ4v) is 1.81. The zero-order chi connectivity index (χ0) is 13.0. The number of hydrogen-bond acceptors (Lipinski definition) is 3. The van der Waals surface area contributed by atoms with E-state index < -0.39 is 12.0 Å². The minimum absolute atomic E-state index is 0.172. The first-order valence-corrected chi connectivity index (χ1v) is 6.05. The standard InChI is InChI=1S/C12H15Cl2NO2/c1-7(2)17-12(16)11(15)5-8-3-4-9(13)6-10(8)14/h3-4,6-7,11H,5,15H2,1-2H3/t11-/m0/s1. The fraction of sp³-hybridized carbons (Fsp3) is 0.417. The number of rotatable bonds is 4. The molecule has 0 heterocycles. The predicted molar refractivity (Wildman–Crippen MR) is 69.4 cm³/mol. The second-order valence-corrected chi connectivity index (χ2v) is 4.88. The van der Waals surface area contributed by atoms with Crippen LogP contribution < -0.4 is 5.73 Å². The zero-order valence-electron chi connectivity index (χ0n) is 9.74. The van der Waals surface area contributed by atoms with Gasteiger partial charge in [-0.05, 0) is 38.0 Å². The Morgan fingerprint density at radius 2 is 2.06 bits per heavy atom. The largest absolute Gasteiger partial charge is 0.462 e. The highest BCUT2D eigenvalue weighted by Gasteiger charge is 2.18. The summed E-state index contributed by atoms with van der Waals surface area (Å²) < 4.78 is 5.01. The van der Waals surface area contributed by atoms with Crippen LogP contribution in [0.2, 0.25) is 10.0 Å². The third kappa shape index (κ3) is 4.54. The van der Waals surface area contributed by atoms with Gasteiger partial charge in [-0.3, -0.25) is 4.79 Å². The van der Waals surface area contributed by atoms with Gasteiger partial charge in [0.15, 0.2) is 0 Å². The van der Waals surface area contributed by atoms with Gasteiger partial charge in [0, 0.05) is 10.0 Å². The number of nitrogens with two attached hydrogens (primary N) is 1. The third-order valence-electron chi connectivity index (χ3n) is 2.11. The predicted octanol–water partition coefficient (Wildman–Crippen LogP) is 2.81. The van der Waals surface area contributed by atoms with E-state index in [-0.39, 0.29) is 6.10 Å². The van der Waals surface area contributed by atoms with Crippen molar-refractivity contribution in [3.05, 3.63) is 33.8 Å². The number of benzene rings is 1. The van der Waals surface area contributed by atoms with Crippen LogP contribution >= 0.6 is 23.2 Å². The van der Waals surface area contributed by atoms with Crippen LogP contribution in [0.4, 0.5) is 0 Å². The topological polar surface area (TPSA) is 52.3 Å². The molecule has 0 radical (unpaired) electrons. The molecule has 0 fully saturated rings. The quantitative estimate of drug-likeness (QED) is 0.860. The first kappa shape index (κ1) is 14.3. The second kappa shape index (κ2) is 6.24. The Morgan fingerprint density at radius 3 is 2.59 bits per heavy atom. The molecule has 0 bridgehead atoms. The van der Waals surface area contributed by atoms with Crippen molar-refractivity contribution < 1.29 is 9.53 Å². The monoisotopic (exact) mass is 275 g/mol. The van der Waals surface area contributed by atoms with Crippen molar-refractivity contribution in [2.24, 2.45) is 5.73 Å². The summed E-state index contributed by atoms with van der Waals surface area (Å²) in [7, 11) is 0. The van der Waals surface area contributed by atoms with E-state index in [0.717, 1.165) is 5.56 Å². The Hall–Kier alpha value is -0.770. The number of carbonyl (C=O) groups is 1. The van der Waals surface area contributed by atoms with Crippen molar-refractivity contribution in [2.45, 2.75) is 32.4 Å². The van der Waals surface area contributed by atoms with Gasteiger partial charge in [0.05, 0.1) is 6.10 Å². The lowest BCUT2D eigenvalue weighted by atomic mass is 10.1. The molecule has 0 unspecified atom stereocenters. The van der Waals surface area contributed by atoms with E-state index in [0.29, 0.717) is 16.5 Å². The lowest BCUT2D eigenvalue weighted by molar-refractivity contribution is -0.148. The molecule has 0 amide bonds. The summed E-state index contributed by atoms with van der Waals surface area (Å²) in [6.45, 7) is 3.56. The molecule has 0 saturated heterocycles. The summed E-state index contributed by atoms with van der Waals surface area (Å²) in [6.07, 6.45) is 0.163. The van der Waals surface area contributed by atoms with Gasteiger partial charge in [-0.15, -0.1) is 0 Å². The summed E-state index contributed by atoms with van der Waals surface area (Å²) in [6, 6.07) is 4.38. The smallest absolute Gasteiger partial charge is 0.323 e. The number of halogens is 2. The van der Waals surface area contributed by atoms with Crippen molar-refractivity contribution in [1.29, 1.82) is 0 Å². The average molecular weight is 276 g/mol. The van der Waals surface area contributed by atoms with Crippen LogP contribution in [0.15, 0.2) is 18.2 Å². The lowest BCUT2D eigenvalue weighted by Gasteiger charge is -2.14. The van der Waals surface area contributed by atoms with E-state index in [1.807, 2.05) is 0 Å².